The first-order valence-corrected chi connectivity index (χ1v) is 7.89. The highest BCUT2D eigenvalue weighted by molar-refractivity contribution is 8.00. The van der Waals surface area contributed by atoms with Crippen molar-refractivity contribution in [3.8, 4) is 5.75 Å². The molecule has 0 saturated carbocycles. The number of aliphatic hydroxyl groups is 1. The number of para-hydroxylation sites is 1. The fourth-order valence-corrected chi connectivity index (χ4v) is 4.72. The van der Waals surface area contributed by atoms with Crippen LogP contribution >= 0.6 is 11.8 Å². The lowest BCUT2D eigenvalue weighted by molar-refractivity contribution is 0.116. The predicted molar refractivity (Wildman–Crippen MR) is 75.8 cm³/mol. The number of thioether (sulfide) groups is 1. The molecule has 1 fully saturated rings. The maximum atomic E-state index is 9.95. The first-order chi connectivity index (χ1) is 9.29. The molecule has 3 nitrogen and oxygen atoms in total. The molecule has 100 valence electrons. The lowest BCUT2D eigenvalue weighted by Gasteiger charge is -2.45. The molecule has 3 atom stereocenters. The van der Waals surface area contributed by atoms with Crippen LogP contribution in [-0.2, 0) is 5.54 Å². The van der Waals surface area contributed by atoms with Gasteiger partial charge in [0.05, 0.1) is 5.54 Å². The van der Waals surface area contributed by atoms with Crippen LogP contribution in [0.5, 0.6) is 5.75 Å². The van der Waals surface area contributed by atoms with E-state index in [1.807, 2.05) is 12.1 Å². The topological polar surface area (TPSA) is 41.5 Å². The molecule has 4 rings (SSSR count). The molecule has 3 aliphatic rings. The van der Waals surface area contributed by atoms with Gasteiger partial charge >= 0.3 is 0 Å². The first-order valence-electron chi connectivity index (χ1n) is 6.84. The molecule has 2 aliphatic heterocycles. The van der Waals surface area contributed by atoms with Gasteiger partial charge in [-0.25, -0.2) is 0 Å². The Morgan fingerprint density at radius 1 is 1.37 bits per heavy atom. The Hall–Kier alpha value is -0.970. The predicted octanol–water partition coefficient (Wildman–Crippen LogP) is 2.57. The Kier molecular flexibility index (Phi) is 2.65. The minimum absolute atomic E-state index is 0.162. The maximum absolute atomic E-state index is 9.95. The second kappa shape index (κ2) is 4.27. The van der Waals surface area contributed by atoms with Crippen LogP contribution in [0.15, 0.2) is 36.1 Å². The number of nitrogens with one attached hydrogen (secondary N) is 1. The lowest BCUT2D eigenvalue weighted by Crippen LogP contribution is -2.52. The van der Waals surface area contributed by atoms with Crippen molar-refractivity contribution in [1.29, 1.82) is 0 Å². The summed E-state index contributed by atoms with van der Waals surface area (Å²) < 4.78 is 6.09. The molecule has 4 heteroatoms. The number of benzene rings is 1. The molecular weight excluding hydrogens is 258 g/mol. The standard InChI is InChI=1S/C15H17NO2S/c17-14-16-15(9-19-14)10-5-1-3-7-12(10)18-13-8-4-2-6-11(13)15/h1,3,5,7-8,11,14,16-17H,2,4,6,9H2. The molecule has 1 saturated heterocycles. The number of hydrogen-bond acceptors (Lipinski definition) is 4. The number of rotatable bonds is 0. The number of fused-ring (bicyclic) bond motifs is 4. The van der Waals surface area contributed by atoms with Crippen molar-refractivity contribution in [2.75, 3.05) is 5.75 Å². The van der Waals surface area contributed by atoms with Crippen LogP contribution in [0.1, 0.15) is 24.8 Å². The third-order valence-corrected chi connectivity index (χ3v) is 5.48. The summed E-state index contributed by atoms with van der Waals surface area (Å²) in [7, 11) is 0. The van der Waals surface area contributed by atoms with Gasteiger partial charge in [0.1, 0.15) is 11.5 Å². The van der Waals surface area contributed by atoms with Crippen molar-refractivity contribution < 1.29 is 9.84 Å². The Balaban J connectivity index is 1.90. The Bertz CT molecular complexity index is 545. The summed E-state index contributed by atoms with van der Waals surface area (Å²) in [6.45, 7) is 0. The zero-order chi connectivity index (χ0) is 12.9. The summed E-state index contributed by atoms with van der Waals surface area (Å²) >= 11 is 1.58. The Morgan fingerprint density at radius 2 is 2.26 bits per heavy atom. The van der Waals surface area contributed by atoms with Crippen molar-refractivity contribution in [1.82, 2.24) is 5.32 Å². The minimum Gasteiger partial charge on any atom is -0.461 e. The molecule has 3 unspecified atom stereocenters. The van der Waals surface area contributed by atoms with Crippen molar-refractivity contribution in [2.24, 2.45) is 5.92 Å². The van der Waals surface area contributed by atoms with E-state index in [0.29, 0.717) is 5.92 Å². The number of ether oxygens (including phenoxy) is 1. The van der Waals surface area contributed by atoms with E-state index in [4.69, 9.17) is 4.74 Å². The maximum Gasteiger partial charge on any atom is 0.153 e. The van der Waals surface area contributed by atoms with E-state index < -0.39 is 5.56 Å². The molecule has 1 aromatic rings. The summed E-state index contributed by atoms with van der Waals surface area (Å²) in [5.74, 6) is 3.28. The van der Waals surface area contributed by atoms with E-state index in [0.717, 1.165) is 30.1 Å². The first kappa shape index (κ1) is 11.8. The van der Waals surface area contributed by atoms with Crippen LogP contribution in [0.3, 0.4) is 0 Å². The van der Waals surface area contributed by atoms with E-state index in [1.165, 1.54) is 12.0 Å². The van der Waals surface area contributed by atoms with E-state index in [1.54, 1.807) is 11.8 Å². The van der Waals surface area contributed by atoms with Crippen LogP contribution < -0.4 is 10.1 Å². The van der Waals surface area contributed by atoms with E-state index >= 15 is 0 Å². The summed E-state index contributed by atoms with van der Waals surface area (Å²) in [6, 6.07) is 8.22. The molecule has 0 bridgehead atoms. The smallest absolute Gasteiger partial charge is 0.153 e. The average Bonchev–Trinajstić information content (AvgIpc) is 2.82. The summed E-state index contributed by atoms with van der Waals surface area (Å²) in [4.78, 5) is 0. The van der Waals surface area contributed by atoms with Crippen LogP contribution in [0.4, 0.5) is 0 Å². The van der Waals surface area contributed by atoms with Gasteiger partial charge < -0.3 is 9.84 Å². The van der Waals surface area contributed by atoms with Crippen LogP contribution in [0.2, 0.25) is 0 Å². The van der Waals surface area contributed by atoms with Crippen molar-refractivity contribution >= 4 is 11.8 Å². The zero-order valence-electron chi connectivity index (χ0n) is 10.6. The second-order valence-corrected chi connectivity index (χ2v) is 6.54. The minimum atomic E-state index is -0.477. The summed E-state index contributed by atoms with van der Waals surface area (Å²) in [6.07, 6.45) is 5.65. The third kappa shape index (κ3) is 1.67. The highest BCUT2D eigenvalue weighted by atomic mass is 32.2. The number of hydrogen-bond donors (Lipinski definition) is 2. The van der Waals surface area contributed by atoms with Gasteiger partial charge in [-0.3, -0.25) is 5.32 Å². The Morgan fingerprint density at radius 3 is 3.11 bits per heavy atom. The molecule has 2 heterocycles. The van der Waals surface area contributed by atoms with Crippen molar-refractivity contribution in [2.45, 2.75) is 30.4 Å². The molecular formula is C15H17NO2S. The van der Waals surface area contributed by atoms with E-state index in [9.17, 15) is 5.11 Å². The average molecular weight is 275 g/mol. The fourth-order valence-electron chi connectivity index (χ4n) is 3.56. The van der Waals surface area contributed by atoms with Crippen molar-refractivity contribution in [3.05, 3.63) is 41.7 Å². The normalized spacial score (nSPS) is 36.4. The fraction of sp³-hybridized carbons (Fsp3) is 0.467. The van der Waals surface area contributed by atoms with Gasteiger partial charge in [0, 0.05) is 17.2 Å². The largest absolute Gasteiger partial charge is 0.461 e. The van der Waals surface area contributed by atoms with Gasteiger partial charge in [0.2, 0.25) is 0 Å². The van der Waals surface area contributed by atoms with Gasteiger partial charge in [-0.05, 0) is 31.4 Å². The molecule has 1 spiro atoms. The zero-order valence-corrected chi connectivity index (χ0v) is 11.5. The summed E-state index contributed by atoms with van der Waals surface area (Å²) in [5.41, 5.74) is 0.558. The monoisotopic (exact) mass is 275 g/mol. The van der Waals surface area contributed by atoms with Crippen LogP contribution in [0, 0.1) is 5.92 Å². The highest BCUT2D eigenvalue weighted by Crippen LogP contribution is 2.52. The molecule has 0 amide bonds. The van der Waals surface area contributed by atoms with Gasteiger partial charge in [-0.2, -0.15) is 0 Å². The van der Waals surface area contributed by atoms with Gasteiger partial charge in [0.25, 0.3) is 0 Å². The van der Waals surface area contributed by atoms with Crippen LogP contribution in [-0.4, -0.2) is 16.4 Å². The summed E-state index contributed by atoms with van der Waals surface area (Å²) in [5, 5.41) is 13.4. The molecule has 0 radical (unpaired) electrons. The molecule has 19 heavy (non-hydrogen) atoms. The number of aliphatic hydroxyl groups excluding tert-OH is 1. The van der Waals surface area contributed by atoms with E-state index in [-0.39, 0.29) is 5.54 Å². The second-order valence-electron chi connectivity index (χ2n) is 5.47. The quantitative estimate of drug-likeness (QED) is 0.763. The van der Waals surface area contributed by atoms with Gasteiger partial charge in [0.15, 0.2) is 5.56 Å². The van der Waals surface area contributed by atoms with Gasteiger partial charge in [-0.15, -0.1) is 11.8 Å². The third-order valence-electron chi connectivity index (χ3n) is 4.43. The van der Waals surface area contributed by atoms with E-state index in [2.05, 4.69) is 23.5 Å². The highest BCUT2D eigenvalue weighted by Gasteiger charge is 2.52. The lowest BCUT2D eigenvalue weighted by atomic mass is 9.72. The number of allylic oxidation sites excluding steroid dienone is 1. The molecule has 1 aliphatic carbocycles. The Labute approximate surface area is 117 Å². The molecule has 1 aromatic carbocycles. The molecule has 0 aromatic heterocycles. The SMILES string of the molecule is OC1NC2(CS1)c1ccccc1OC1=CCCCC12. The van der Waals surface area contributed by atoms with Crippen LogP contribution in [0.25, 0.3) is 0 Å². The van der Waals surface area contributed by atoms with Crippen molar-refractivity contribution in [3.63, 3.8) is 0 Å². The molecule has 2 N–H and O–H groups in total. The van der Waals surface area contributed by atoms with Gasteiger partial charge in [-0.1, -0.05) is 18.2 Å².